The monoisotopic (exact) mass is 316 g/mol. The van der Waals surface area contributed by atoms with Crippen molar-refractivity contribution in [2.45, 2.75) is 65.7 Å². The first-order valence-electron chi connectivity index (χ1n) is 8.47. The predicted molar refractivity (Wildman–Crippen MR) is 92.1 cm³/mol. The fraction of sp³-hybridized carbons (Fsp3) is 0.600. The molecule has 3 nitrogen and oxygen atoms in total. The summed E-state index contributed by atoms with van der Waals surface area (Å²) in [5.74, 6) is 0.475. The predicted octanol–water partition coefficient (Wildman–Crippen LogP) is 4.71. The second-order valence-electron chi connectivity index (χ2n) is 7.85. The van der Waals surface area contributed by atoms with E-state index in [9.17, 15) is 9.59 Å². The normalized spacial score (nSPS) is 22.2. The zero-order valence-electron chi connectivity index (χ0n) is 15.1. The smallest absolute Gasteiger partial charge is 0.303 e. The molecule has 126 valence electrons. The van der Waals surface area contributed by atoms with Crippen molar-refractivity contribution in [2.24, 2.45) is 11.8 Å². The summed E-state index contributed by atoms with van der Waals surface area (Å²) in [6.45, 7) is 13.3. The highest BCUT2D eigenvalue weighted by atomic mass is 16.4. The van der Waals surface area contributed by atoms with Crippen LogP contribution in [0.1, 0.15) is 80.4 Å². The van der Waals surface area contributed by atoms with Crippen molar-refractivity contribution in [1.29, 1.82) is 0 Å². The van der Waals surface area contributed by atoms with Gasteiger partial charge in [0.05, 0.1) is 6.42 Å². The Balaban J connectivity index is 2.48. The van der Waals surface area contributed by atoms with Gasteiger partial charge in [-0.05, 0) is 52.8 Å². The van der Waals surface area contributed by atoms with Gasteiger partial charge in [-0.2, -0.15) is 0 Å². The summed E-state index contributed by atoms with van der Waals surface area (Å²) in [4.78, 5) is 23.2. The highest BCUT2D eigenvalue weighted by Crippen LogP contribution is 2.53. The van der Waals surface area contributed by atoms with Crippen molar-refractivity contribution in [3.8, 4) is 0 Å². The minimum atomic E-state index is -0.924. The van der Waals surface area contributed by atoms with Crippen molar-refractivity contribution >= 4 is 11.8 Å². The van der Waals surface area contributed by atoms with Gasteiger partial charge < -0.3 is 5.11 Å². The van der Waals surface area contributed by atoms with Crippen LogP contribution in [0, 0.1) is 18.8 Å². The van der Waals surface area contributed by atoms with Crippen molar-refractivity contribution in [3.05, 3.63) is 34.4 Å². The van der Waals surface area contributed by atoms with E-state index in [1.165, 1.54) is 11.1 Å². The maximum absolute atomic E-state index is 12.4. The van der Waals surface area contributed by atoms with Gasteiger partial charge in [-0.15, -0.1) is 0 Å². The average molecular weight is 316 g/mol. The second kappa shape index (κ2) is 6.10. The molecule has 1 aromatic rings. The van der Waals surface area contributed by atoms with Crippen LogP contribution >= 0.6 is 0 Å². The summed E-state index contributed by atoms with van der Waals surface area (Å²) in [5.41, 5.74) is 4.37. The number of benzene rings is 1. The largest absolute Gasteiger partial charge is 0.481 e. The Labute approximate surface area is 139 Å². The molecule has 0 aliphatic heterocycles. The van der Waals surface area contributed by atoms with Gasteiger partial charge in [0.1, 0.15) is 0 Å². The molecule has 0 heterocycles. The molecule has 0 saturated carbocycles. The highest BCUT2D eigenvalue weighted by molar-refractivity contribution is 5.99. The SMILES string of the molecule is Cc1cc2c(cc1C(=O)CCC(=O)O)C(C(C)C)C(C)C2(C)C. The van der Waals surface area contributed by atoms with E-state index in [-0.39, 0.29) is 24.0 Å². The number of carbonyl (C=O) groups excluding carboxylic acids is 1. The average Bonchev–Trinajstić information content (AvgIpc) is 2.63. The first-order valence-corrected chi connectivity index (χ1v) is 8.47. The Morgan fingerprint density at radius 2 is 1.83 bits per heavy atom. The summed E-state index contributed by atoms with van der Waals surface area (Å²) >= 11 is 0. The molecule has 2 rings (SSSR count). The number of hydrogen-bond acceptors (Lipinski definition) is 2. The van der Waals surface area contributed by atoms with E-state index in [1.54, 1.807) is 0 Å². The van der Waals surface area contributed by atoms with Crippen LogP contribution in [0.15, 0.2) is 12.1 Å². The van der Waals surface area contributed by atoms with Gasteiger partial charge in [0, 0.05) is 12.0 Å². The first-order chi connectivity index (χ1) is 10.6. The van der Waals surface area contributed by atoms with E-state index in [1.807, 2.05) is 13.0 Å². The molecule has 0 amide bonds. The van der Waals surface area contributed by atoms with E-state index < -0.39 is 5.97 Å². The van der Waals surface area contributed by atoms with E-state index in [0.29, 0.717) is 23.3 Å². The summed E-state index contributed by atoms with van der Waals surface area (Å²) < 4.78 is 0. The van der Waals surface area contributed by atoms with Crippen LogP contribution in [0.4, 0.5) is 0 Å². The molecule has 23 heavy (non-hydrogen) atoms. The summed E-state index contributed by atoms with van der Waals surface area (Å²) in [6.07, 6.45) is -0.0366. The maximum Gasteiger partial charge on any atom is 0.303 e. The third-order valence-electron chi connectivity index (χ3n) is 5.71. The van der Waals surface area contributed by atoms with E-state index in [0.717, 1.165) is 5.56 Å². The quantitative estimate of drug-likeness (QED) is 0.800. The Bertz CT molecular complexity index is 641. The van der Waals surface area contributed by atoms with E-state index >= 15 is 0 Å². The molecule has 1 N–H and O–H groups in total. The minimum absolute atomic E-state index is 0.0624. The number of hydrogen-bond donors (Lipinski definition) is 1. The topological polar surface area (TPSA) is 54.4 Å². The van der Waals surface area contributed by atoms with Crippen LogP contribution in [-0.2, 0) is 10.2 Å². The van der Waals surface area contributed by atoms with Crippen LogP contribution in [0.3, 0.4) is 0 Å². The number of aliphatic carboxylic acids is 1. The molecule has 0 spiro atoms. The van der Waals surface area contributed by atoms with Crippen LogP contribution < -0.4 is 0 Å². The van der Waals surface area contributed by atoms with Gasteiger partial charge in [0.15, 0.2) is 5.78 Å². The van der Waals surface area contributed by atoms with Gasteiger partial charge in [-0.1, -0.05) is 40.7 Å². The molecule has 0 radical (unpaired) electrons. The number of ketones is 1. The fourth-order valence-corrected chi connectivity index (χ4v) is 4.11. The van der Waals surface area contributed by atoms with Gasteiger partial charge in [-0.25, -0.2) is 0 Å². The van der Waals surface area contributed by atoms with E-state index in [4.69, 9.17) is 5.11 Å². The Morgan fingerprint density at radius 1 is 1.22 bits per heavy atom. The number of carboxylic acids is 1. The molecule has 0 saturated heterocycles. The molecule has 1 aliphatic carbocycles. The van der Waals surface area contributed by atoms with Crippen molar-refractivity contribution < 1.29 is 14.7 Å². The molecule has 1 aliphatic rings. The zero-order valence-corrected chi connectivity index (χ0v) is 15.1. The number of carboxylic acid groups (broad SMARTS) is 1. The highest BCUT2D eigenvalue weighted by Gasteiger charge is 2.45. The third kappa shape index (κ3) is 3.06. The van der Waals surface area contributed by atoms with Crippen LogP contribution in [0.2, 0.25) is 0 Å². The lowest BCUT2D eigenvalue weighted by molar-refractivity contribution is -0.136. The molecule has 0 aromatic heterocycles. The van der Waals surface area contributed by atoms with E-state index in [2.05, 4.69) is 40.7 Å². The number of rotatable bonds is 5. The zero-order chi connectivity index (χ0) is 17.5. The lowest BCUT2D eigenvalue weighted by Crippen LogP contribution is -2.25. The van der Waals surface area contributed by atoms with Gasteiger partial charge in [0.25, 0.3) is 0 Å². The maximum atomic E-state index is 12.4. The molecular formula is C20H28O3. The van der Waals surface area contributed by atoms with Crippen LogP contribution in [-0.4, -0.2) is 16.9 Å². The number of aryl methyl sites for hydroxylation is 1. The number of carbonyl (C=O) groups is 2. The molecular weight excluding hydrogens is 288 g/mol. The Hall–Kier alpha value is -1.64. The Kier molecular flexibility index (Phi) is 4.70. The van der Waals surface area contributed by atoms with Gasteiger partial charge in [0.2, 0.25) is 0 Å². The molecule has 1 aromatic carbocycles. The third-order valence-corrected chi connectivity index (χ3v) is 5.71. The molecule has 2 unspecified atom stereocenters. The first kappa shape index (κ1) is 17.7. The van der Waals surface area contributed by atoms with Crippen LogP contribution in [0.25, 0.3) is 0 Å². The number of Topliss-reactive ketones (excluding diaryl/α,β-unsaturated/α-hetero) is 1. The van der Waals surface area contributed by atoms with Crippen molar-refractivity contribution in [1.82, 2.24) is 0 Å². The van der Waals surface area contributed by atoms with Gasteiger partial charge >= 0.3 is 5.97 Å². The fourth-order valence-electron chi connectivity index (χ4n) is 4.11. The summed E-state index contributed by atoms with van der Waals surface area (Å²) in [7, 11) is 0. The molecule has 0 fully saturated rings. The summed E-state index contributed by atoms with van der Waals surface area (Å²) in [5, 5.41) is 8.80. The molecule has 2 atom stereocenters. The molecule has 0 bridgehead atoms. The van der Waals surface area contributed by atoms with Crippen molar-refractivity contribution in [3.63, 3.8) is 0 Å². The summed E-state index contributed by atoms with van der Waals surface area (Å²) in [6, 6.07) is 4.20. The lowest BCUT2D eigenvalue weighted by atomic mass is 9.74. The second-order valence-corrected chi connectivity index (χ2v) is 7.85. The Morgan fingerprint density at radius 3 is 2.35 bits per heavy atom. The standard InChI is InChI=1S/C20H28O3/c1-11(2)19-13(4)20(5,6)16-9-12(3)14(10-15(16)19)17(21)7-8-18(22)23/h9-11,13,19H,7-8H2,1-6H3,(H,22,23). The lowest BCUT2D eigenvalue weighted by Gasteiger charge is -2.30. The van der Waals surface area contributed by atoms with Gasteiger partial charge in [-0.3, -0.25) is 9.59 Å². The van der Waals surface area contributed by atoms with Crippen LogP contribution in [0.5, 0.6) is 0 Å². The number of fused-ring (bicyclic) bond motifs is 1. The van der Waals surface area contributed by atoms with Crippen molar-refractivity contribution in [2.75, 3.05) is 0 Å². The minimum Gasteiger partial charge on any atom is -0.481 e. The molecule has 3 heteroatoms.